The first-order chi connectivity index (χ1) is 13.6. The molecule has 0 aliphatic carbocycles. The van der Waals surface area contributed by atoms with Crippen molar-refractivity contribution < 1.29 is 27.5 Å². The van der Waals surface area contributed by atoms with E-state index in [9.17, 15) is 22.8 Å². The van der Waals surface area contributed by atoms with Crippen LogP contribution in [0.5, 0.6) is 0 Å². The molecule has 3 heterocycles. The number of hydrogen-bond acceptors (Lipinski definition) is 7. The number of rotatable bonds is 4. The zero-order valence-electron chi connectivity index (χ0n) is 16.7. The van der Waals surface area contributed by atoms with Crippen LogP contribution in [0.3, 0.4) is 0 Å². The van der Waals surface area contributed by atoms with Gasteiger partial charge in [0.1, 0.15) is 5.00 Å². The molecule has 0 bridgehead atoms. The van der Waals surface area contributed by atoms with Crippen LogP contribution >= 0.6 is 11.3 Å². The Morgan fingerprint density at radius 3 is 2.59 bits per heavy atom. The van der Waals surface area contributed by atoms with Crippen LogP contribution in [0, 0.1) is 5.92 Å². The number of ether oxygens (including phenoxy) is 1. The summed E-state index contributed by atoms with van der Waals surface area (Å²) >= 11 is 1.27. The molecule has 1 unspecified atom stereocenters. The number of nitrogens with zero attached hydrogens (tertiary/aromatic N) is 2. The van der Waals surface area contributed by atoms with E-state index in [1.165, 1.54) is 29.7 Å². The van der Waals surface area contributed by atoms with Crippen LogP contribution in [0.25, 0.3) is 0 Å². The molecule has 0 radical (unpaired) electrons. The molecule has 2 aliphatic heterocycles. The van der Waals surface area contributed by atoms with Crippen molar-refractivity contribution in [3.05, 3.63) is 16.0 Å². The quantitative estimate of drug-likeness (QED) is 0.696. The van der Waals surface area contributed by atoms with Gasteiger partial charge in [0.15, 0.2) is 0 Å². The van der Waals surface area contributed by atoms with E-state index in [0.29, 0.717) is 49.5 Å². The van der Waals surface area contributed by atoms with Crippen molar-refractivity contribution >= 4 is 44.1 Å². The van der Waals surface area contributed by atoms with Crippen molar-refractivity contribution in [2.75, 3.05) is 38.3 Å². The molecular formula is C18H25N3O6S2. The van der Waals surface area contributed by atoms with Crippen LogP contribution in [-0.4, -0.2) is 68.4 Å². The number of carbonyl (C=O) groups is 3. The molecule has 0 saturated carbocycles. The highest BCUT2D eigenvalue weighted by molar-refractivity contribution is 7.88. The van der Waals surface area contributed by atoms with Gasteiger partial charge in [0.05, 0.1) is 31.4 Å². The molecule has 160 valence electrons. The van der Waals surface area contributed by atoms with Crippen LogP contribution in [-0.2, 0) is 37.3 Å². The number of fused-ring (bicyclic) bond motifs is 1. The first-order valence-corrected chi connectivity index (χ1v) is 12.0. The second kappa shape index (κ2) is 8.41. The van der Waals surface area contributed by atoms with E-state index in [2.05, 4.69) is 5.32 Å². The lowest BCUT2D eigenvalue weighted by Gasteiger charge is -2.30. The minimum Gasteiger partial charge on any atom is -0.465 e. The van der Waals surface area contributed by atoms with E-state index >= 15 is 0 Å². The van der Waals surface area contributed by atoms with Crippen molar-refractivity contribution in [2.24, 2.45) is 5.92 Å². The highest BCUT2D eigenvalue weighted by Crippen LogP contribution is 2.38. The van der Waals surface area contributed by atoms with Crippen LogP contribution in [0.15, 0.2) is 0 Å². The van der Waals surface area contributed by atoms with Gasteiger partial charge >= 0.3 is 5.97 Å². The Labute approximate surface area is 174 Å². The van der Waals surface area contributed by atoms with Gasteiger partial charge in [-0.25, -0.2) is 17.5 Å². The van der Waals surface area contributed by atoms with Gasteiger partial charge < -0.3 is 15.0 Å². The predicted octanol–water partition coefficient (Wildman–Crippen LogP) is 1.05. The summed E-state index contributed by atoms with van der Waals surface area (Å²) in [5, 5.41) is 3.22. The fraction of sp³-hybridized carbons (Fsp3) is 0.611. The first kappa shape index (κ1) is 21.7. The molecule has 0 spiro atoms. The van der Waals surface area contributed by atoms with Crippen molar-refractivity contribution in [3.63, 3.8) is 0 Å². The van der Waals surface area contributed by atoms with Gasteiger partial charge in [0.25, 0.3) is 0 Å². The molecular weight excluding hydrogens is 418 g/mol. The monoisotopic (exact) mass is 443 g/mol. The Kier molecular flexibility index (Phi) is 6.30. The summed E-state index contributed by atoms with van der Waals surface area (Å²) in [6.45, 7) is 2.92. The zero-order chi connectivity index (χ0) is 21.3. The second-order valence-corrected chi connectivity index (χ2v) is 10.4. The SMILES string of the molecule is COC(=O)c1c(NC(=O)C2CCCN(S(C)(=O)=O)C2)sc2c1CCN(C(C)=O)C2. The number of methoxy groups -OCH3 is 1. The molecule has 29 heavy (non-hydrogen) atoms. The fourth-order valence-corrected chi connectivity index (χ4v) is 5.92. The van der Waals surface area contributed by atoms with E-state index in [1.54, 1.807) is 4.90 Å². The molecule has 1 saturated heterocycles. The Morgan fingerprint density at radius 2 is 1.97 bits per heavy atom. The van der Waals surface area contributed by atoms with Gasteiger partial charge in [-0.15, -0.1) is 11.3 Å². The van der Waals surface area contributed by atoms with Crippen LogP contribution in [0.1, 0.15) is 40.6 Å². The number of hydrogen-bond donors (Lipinski definition) is 1. The summed E-state index contributed by atoms with van der Waals surface area (Å²) in [5.41, 5.74) is 1.14. The molecule has 1 aromatic heterocycles. The third-order valence-corrected chi connectivity index (χ3v) is 7.75. The molecule has 1 atom stereocenters. The van der Waals surface area contributed by atoms with E-state index in [-0.39, 0.29) is 18.4 Å². The van der Waals surface area contributed by atoms with Gasteiger partial charge in [-0.05, 0) is 24.8 Å². The third-order valence-electron chi connectivity index (χ3n) is 5.35. The van der Waals surface area contributed by atoms with Gasteiger partial charge in [-0.2, -0.15) is 0 Å². The summed E-state index contributed by atoms with van der Waals surface area (Å²) in [7, 11) is -2.08. The highest BCUT2D eigenvalue weighted by atomic mass is 32.2. The van der Waals surface area contributed by atoms with E-state index in [1.807, 2.05) is 0 Å². The van der Waals surface area contributed by atoms with Crippen molar-refractivity contribution in [3.8, 4) is 0 Å². The van der Waals surface area contributed by atoms with Gasteiger partial charge in [0, 0.05) is 31.4 Å². The maximum atomic E-state index is 12.8. The molecule has 11 heteroatoms. The third kappa shape index (κ3) is 4.62. The number of amides is 2. The summed E-state index contributed by atoms with van der Waals surface area (Å²) in [6.07, 6.45) is 2.83. The lowest BCUT2D eigenvalue weighted by molar-refractivity contribution is -0.129. The summed E-state index contributed by atoms with van der Waals surface area (Å²) < 4.78 is 29.9. The Balaban J connectivity index is 1.84. The van der Waals surface area contributed by atoms with E-state index < -0.39 is 21.9 Å². The van der Waals surface area contributed by atoms with E-state index in [4.69, 9.17) is 4.74 Å². The number of esters is 1. The van der Waals surface area contributed by atoms with Gasteiger partial charge in [0.2, 0.25) is 21.8 Å². The molecule has 1 N–H and O–H groups in total. The molecule has 1 aromatic rings. The average Bonchev–Trinajstić information content (AvgIpc) is 3.03. The number of nitrogens with one attached hydrogen (secondary N) is 1. The lowest BCUT2D eigenvalue weighted by Crippen LogP contribution is -2.43. The van der Waals surface area contributed by atoms with Crippen molar-refractivity contribution in [1.82, 2.24) is 9.21 Å². The molecule has 1 fully saturated rings. The van der Waals surface area contributed by atoms with Crippen molar-refractivity contribution in [1.29, 1.82) is 0 Å². The fourth-order valence-electron chi connectivity index (χ4n) is 3.75. The largest absolute Gasteiger partial charge is 0.465 e. The Bertz CT molecular complexity index is 940. The normalized spacial score (nSPS) is 20.1. The Hall–Kier alpha value is -1.98. The highest BCUT2D eigenvalue weighted by Gasteiger charge is 2.33. The second-order valence-electron chi connectivity index (χ2n) is 7.34. The minimum atomic E-state index is -3.36. The number of carbonyl (C=O) groups excluding carboxylic acids is 3. The molecule has 0 aromatic carbocycles. The number of piperidine rings is 1. The lowest BCUT2D eigenvalue weighted by atomic mass is 9.98. The minimum absolute atomic E-state index is 0.0441. The van der Waals surface area contributed by atoms with Crippen molar-refractivity contribution in [2.45, 2.75) is 32.7 Å². The van der Waals surface area contributed by atoms with Crippen LogP contribution < -0.4 is 5.32 Å². The standard InChI is InChI=1S/C18H25N3O6S2/c1-11(22)20-8-6-13-14(10-20)28-17(15(13)18(24)27-2)19-16(23)12-5-4-7-21(9-12)29(3,25)26/h12H,4-10H2,1-3H3,(H,19,23). The maximum absolute atomic E-state index is 12.8. The maximum Gasteiger partial charge on any atom is 0.341 e. The number of anilines is 1. The molecule has 2 aliphatic rings. The number of sulfonamides is 1. The summed E-state index contributed by atoms with van der Waals surface area (Å²) in [6, 6.07) is 0. The summed E-state index contributed by atoms with van der Waals surface area (Å²) in [4.78, 5) is 39.5. The summed E-state index contributed by atoms with van der Waals surface area (Å²) in [5.74, 6) is -1.38. The van der Waals surface area contributed by atoms with E-state index in [0.717, 1.165) is 16.7 Å². The average molecular weight is 444 g/mol. The zero-order valence-corrected chi connectivity index (χ0v) is 18.3. The Morgan fingerprint density at radius 1 is 1.24 bits per heavy atom. The number of thiophene rings is 1. The predicted molar refractivity (Wildman–Crippen MR) is 108 cm³/mol. The van der Waals surface area contributed by atoms with Crippen LogP contribution in [0.4, 0.5) is 5.00 Å². The van der Waals surface area contributed by atoms with Crippen LogP contribution in [0.2, 0.25) is 0 Å². The molecule has 3 rings (SSSR count). The first-order valence-electron chi connectivity index (χ1n) is 9.36. The molecule has 2 amide bonds. The van der Waals surface area contributed by atoms with Gasteiger partial charge in [-0.3, -0.25) is 9.59 Å². The molecule has 9 nitrogen and oxygen atoms in total. The topological polar surface area (TPSA) is 113 Å². The smallest absolute Gasteiger partial charge is 0.341 e. The van der Waals surface area contributed by atoms with Gasteiger partial charge in [-0.1, -0.05) is 0 Å².